The second kappa shape index (κ2) is 6.34. The van der Waals surface area contributed by atoms with Gasteiger partial charge in [0.2, 0.25) is 0 Å². The number of aromatic amines is 1. The molecule has 2 N–H and O–H groups in total. The molecule has 1 aromatic carbocycles. The molecular weight excluding hydrogens is 352 g/mol. The van der Waals surface area contributed by atoms with Crippen LogP contribution in [-0.2, 0) is 0 Å². The van der Waals surface area contributed by atoms with Crippen LogP contribution in [0.25, 0.3) is 33.2 Å². The van der Waals surface area contributed by atoms with Crippen LogP contribution < -0.4 is 0 Å². The Kier molecular flexibility index (Phi) is 3.79. The van der Waals surface area contributed by atoms with Crippen LogP contribution >= 0.6 is 0 Å². The lowest BCUT2D eigenvalue weighted by atomic mass is 9.97. The van der Waals surface area contributed by atoms with Crippen molar-refractivity contribution in [2.24, 2.45) is 0 Å². The normalized spacial score (nSPS) is 16.9. The number of likely N-dealkylation sites (tertiary alicyclic amines) is 1. The highest BCUT2D eigenvalue weighted by Crippen LogP contribution is 2.37. The second-order valence-electron chi connectivity index (χ2n) is 7.34. The fourth-order valence-corrected chi connectivity index (χ4v) is 4.22. The molecule has 3 aromatic heterocycles. The second-order valence-corrected chi connectivity index (χ2v) is 7.34. The molecule has 0 radical (unpaired) electrons. The van der Waals surface area contributed by atoms with Crippen molar-refractivity contribution < 1.29 is 9.90 Å². The van der Waals surface area contributed by atoms with E-state index in [1.54, 1.807) is 4.90 Å². The zero-order valence-electron chi connectivity index (χ0n) is 15.5. The summed E-state index contributed by atoms with van der Waals surface area (Å²) in [7, 11) is 0. The van der Waals surface area contributed by atoms with Crippen LogP contribution in [0.5, 0.6) is 0 Å². The molecule has 0 unspecified atom stereocenters. The average Bonchev–Trinajstić information content (AvgIpc) is 3.34. The minimum absolute atomic E-state index is 0.144. The molecule has 1 atom stereocenters. The highest BCUT2D eigenvalue weighted by atomic mass is 16.4. The highest BCUT2D eigenvalue weighted by Gasteiger charge is 2.31. The molecule has 0 aliphatic carbocycles. The zero-order valence-corrected chi connectivity index (χ0v) is 15.5. The van der Waals surface area contributed by atoms with Gasteiger partial charge < -0.3 is 15.0 Å². The van der Waals surface area contributed by atoms with E-state index < -0.39 is 6.09 Å². The summed E-state index contributed by atoms with van der Waals surface area (Å²) >= 11 is 0. The topological polar surface area (TPSA) is 82.1 Å². The van der Waals surface area contributed by atoms with Gasteiger partial charge in [-0.05, 0) is 49.1 Å². The van der Waals surface area contributed by atoms with E-state index in [0.29, 0.717) is 6.54 Å². The Bertz CT molecular complexity index is 1210. The Morgan fingerprint density at radius 1 is 1.25 bits per heavy atom. The Hall–Kier alpha value is -3.41. The van der Waals surface area contributed by atoms with Crippen molar-refractivity contribution in [2.75, 3.05) is 6.54 Å². The van der Waals surface area contributed by atoms with E-state index in [2.05, 4.69) is 16.0 Å². The number of hydrogen-bond donors (Lipinski definition) is 2. The van der Waals surface area contributed by atoms with Crippen molar-refractivity contribution in [3.8, 4) is 11.3 Å². The zero-order chi connectivity index (χ0) is 19.3. The summed E-state index contributed by atoms with van der Waals surface area (Å²) in [6.45, 7) is 2.62. The van der Waals surface area contributed by atoms with Gasteiger partial charge in [0, 0.05) is 35.3 Å². The molecule has 1 saturated heterocycles. The molecule has 6 heteroatoms. The third-order valence-corrected chi connectivity index (χ3v) is 5.64. The van der Waals surface area contributed by atoms with Gasteiger partial charge in [0.1, 0.15) is 5.65 Å². The molecule has 28 heavy (non-hydrogen) atoms. The van der Waals surface area contributed by atoms with Crippen molar-refractivity contribution in [2.45, 2.75) is 25.8 Å². The number of rotatable bonds is 2. The Morgan fingerprint density at radius 2 is 2.11 bits per heavy atom. The monoisotopic (exact) mass is 372 g/mol. The predicted molar refractivity (Wildman–Crippen MR) is 108 cm³/mol. The van der Waals surface area contributed by atoms with Crippen molar-refractivity contribution in [1.29, 1.82) is 0 Å². The molecule has 6 nitrogen and oxygen atoms in total. The number of amides is 1. The number of aryl methyl sites for hydroxylation is 1. The first kappa shape index (κ1) is 16.7. The van der Waals surface area contributed by atoms with Crippen molar-refractivity contribution in [3.05, 3.63) is 59.9 Å². The molecule has 1 amide bonds. The number of aromatic nitrogens is 3. The largest absolute Gasteiger partial charge is 0.465 e. The van der Waals surface area contributed by atoms with E-state index in [4.69, 9.17) is 4.98 Å². The summed E-state index contributed by atoms with van der Waals surface area (Å²) in [5.74, 6) is 0. The quantitative estimate of drug-likeness (QED) is 0.524. The number of nitrogens with zero attached hydrogens (tertiary/aromatic N) is 3. The standard InChI is InChI=1S/C22H20N4O2/c1-13-11-23-21-16(13)9-14(12-24-21)19-10-17(15-5-2-3-6-18(15)25-19)20-7-4-8-26(20)22(27)28/h2-3,5-6,9-12,20H,4,7-8H2,1H3,(H,23,24)(H,27,28)/t20-/m0/s1. The van der Waals surface area contributed by atoms with Crippen molar-refractivity contribution in [1.82, 2.24) is 19.9 Å². The van der Waals surface area contributed by atoms with Crippen LogP contribution in [-0.4, -0.2) is 37.6 Å². The van der Waals surface area contributed by atoms with E-state index in [0.717, 1.165) is 57.2 Å². The summed E-state index contributed by atoms with van der Waals surface area (Å²) in [4.78, 5) is 25.8. The van der Waals surface area contributed by atoms with Gasteiger partial charge in [-0.25, -0.2) is 14.8 Å². The summed E-state index contributed by atoms with van der Waals surface area (Å²) in [5, 5.41) is 11.7. The summed E-state index contributed by atoms with van der Waals surface area (Å²) in [5.41, 5.74) is 5.64. The van der Waals surface area contributed by atoms with Crippen LogP contribution in [0.1, 0.15) is 30.0 Å². The van der Waals surface area contributed by atoms with Crippen molar-refractivity contribution in [3.63, 3.8) is 0 Å². The Morgan fingerprint density at radius 3 is 2.96 bits per heavy atom. The molecule has 0 bridgehead atoms. The molecule has 1 fully saturated rings. The van der Waals surface area contributed by atoms with Crippen LogP contribution in [0.15, 0.2) is 48.8 Å². The lowest BCUT2D eigenvalue weighted by Gasteiger charge is -2.23. The minimum Gasteiger partial charge on any atom is -0.465 e. The number of hydrogen-bond acceptors (Lipinski definition) is 3. The molecule has 1 aliphatic rings. The van der Waals surface area contributed by atoms with Gasteiger partial charge in [0.15, 0.2) is 0 Å². The maximum Gasteiger partial charge on any atom is 0.407 e. The number of pyridine rings is 2. The lowest BCUT2D eigenvalue weighted by Crippen LogP contribution is -2.29. The number of carboxylic acid groups (broad SMARTS) is 1. The number of fused-ring (bicyclic) bond motifs is 2. The molecule has 1 aliphatic heterocycles. The van der Waals surface area contributed by atoms with Gasteiger partial charge in [-0.3, -0.25) is 0 Å². The van der Waals surface area contributed by atoms with E-state index in [1.165, 1.54) is 0 Å². The highest BCUT2D eigenvalue weighted by molar-refractivity contribution is 5.88. The van der Waals surface area contributed by atoms with Crippen LogP contribution in [0.3, 0.4) is 0 Å². The summed E-state index contributed by atoms with van der Waals surface area (Å²) in [6, 6.07) is 11.9. The molecule has 140 valence electrons. The smallest absolute Gasteiger partial charge is 0.407 e. The average molecular weight is 372 g/mol. The Balaban J connectivity index is 1.71. The van der Waals surface area contributed by atoms with Gasteiger partial charge in [-0.2, -0.15) is 0 Å². The molecule has 4 aromatic rings. The molecule has 4 heterocycles. The molecule has 5 rings (SSSR count). The first-order chi connectivity index (χ1) is 13.6. The van der Waals surface area contributed by atoms with Crippen LogP contribution in [0, 0.1) is 6.92 Å². The third-order valence-electron chi connectivity index (χ3n) is 5.64. The SMILES string of the molecule is Cc1c[nH]c2ncc(-c3cc([C@@H]4CCCN4C(=O)O)c4ccccc4n3)cc12. The van der Waals surface area contributed by atoms with E-state index in [-0.39, 0.29) is 6.04 Å². The number of para-hydroxylation sites is 1. The third kappa shape index (κ3) is 2.60. The summed E-state index contributed by atoms with van der Waals surface area (Å²) < 4.78 is 0. The first-order valence-electron chi connectivity index (χ1n) is 9.45. The van der Waals surface area contributed by atoms with E-state index in [1.807, 2.05) is 49.6 Å². The van der Waals surface area contributed by atoms with Gasteiger partial charge in [-0.15, -0.1) is 0 Å². The fourth-order valence-electron chi connectivity index (χ4n) is 4.22. The summed E-state index contributed by atoms with van der Waals surface area (Å²) in [6.07, 6.45) is 4.61. The predicted octanol–water partition coefficient (Wildman–Crippen LogP) is 4.90. The first-order valence-corrected chi connectivity index (χ1v) is 9.45. The van der Waals surface area contributed by atoms with Crippen LogP contribution in [0.4, 0.5) is 4.79 Å². The maximum absolute atomic E-state index is 11.7. The number of benzene rings is 1. The van der Waals surface area contributed by atoms with Gasteiger partial charge in [0.05, 0.1) is 17.3 Å². The number of nitrogens with one attached hydrogen (secondary N) is 1. The van der Waals surface area contributed by atoms with Crippen LogP contribution in [0.2, 0.25) is 0 Å². The van der Waals surface area contributed by atoms with Crippen molar-refractivity contribution >= 4 is 28.0 Å². The van der Waals surface area contributed by atoms with Gasteiger partial charge in [-0.1, -0.05) is 18.2 Å². The minimum atomic E-state index is -0.865. The fraction of sp³-hybridized carbons (Fsp3) is 0.227. The number of carbonyl (C=O) groups is 1. The maximum atomic E-state index is 11.7. The Labute approximate surface area is 161 Å². The molecule has 0 spiro atoms. The van der Waals surface area contributed by atoms with Gasteiger partial charge in [0.25, 0.3) is 0 Å². The van der Waals surface area contributed by atoms with Gasteiger partial charge >= 0.3 is 6.09 Å². The molecule has 0 saturated carbocycles. The lowest BCUT2D eigenvalue weighted by molar-refractivity contribution is 0.140. The van der Waals surface area contributed by atoms with E-state index >= 15 is 0 Å². The number of H-pyrrole nitrogens is 1. The van der Waals surface area contributed by atoms with E-state index in [9.17, 15) is 9.90 Å². The molecular formula is C22H20N4O2.